The van der Waals surface area contributed by atoms with Gasteiger partial charge >= 0.3 is 0 Å². The topological polar surface area (TPSA) is 51.8 Å². The summed E-state index contributed by atoms with van der Waals surface area (Å²) in [6, 6.07) is 11.5. The third kappa shape index (κ3) is 4.72. The van der Waals surface area contributed by atoms with Gasteiger partial charge in [0.25, 0.3) is 0 Å². The standard InChI is InChI=1S/C16H20O4/c1-2-13-5-7-15(8-6-13)20-11-14(17)10-18-12-16-4-3-9-19-16/h3-9,14,17H,2,10-12H2,1H3. The number of benzene rings is 1. The molecule has 0 saturated heterocycles. The summed E-state index contributed by atoms with van der Waals surface area (Å²) >= 11 is 0. The lowest BCUT2D eigenvalue weighted by atomic mass is 10.2. The lowest BCUT2D eigenvalue weighted by Crippen LogP contribution is -2.23. The first-order chi connectivity index (χ1) is 9.78. The van der Waals surface area contributed by atoms with E-state index in [0.29, 0.717) is 6.61 Å². The van der Waals surface area contributed by atoms with Crippen molar-refractivity contribution < 1.29 is 19.0 Å². The smallest absolute Gasteiger partial charge is 0.129 e. The van der Waals surface area contributed by atoms with Crippen molar-refractivity contribution in [1.29, 1.82) is 0 Å². The summed E-state index contributed by atoms with van der Waals surface area (Å²) in [5.74, 6) is 1.50. The molecular formula is C16H20O4. The van der Waals surface area contributed by atoms with Crippen molar-refractivity contribution in [1.82, 2.24) is 0 Å². The number of aliphatic hydroxyl groups excluding tert-OH is 1. The second-order valence-corrected chi connectivity index (χ2v) is 4.56. The maximum absolute atomic E-state index is 9.76. The Morgan fingerprint density at radius 2 is 1.95 bits per heavy atom. The van der Waals surface area contributed by atoms with Crippen molar-refractivity contribution in [2.24, 2.45) is 0 Å². The summed E-state index contributed by atoms with van der Waals surface area (Å²) in [6.07, 6.45) is 1.94. The molecule has 1 aromatic carbocycles. The van der Waals surface area contributed by atoms with Gasteiger partial charge in [-0.3, -0.25) is 0 Å². The number of rotatable bonds is 8. The molecule has 1 N–H and O–H groups in total. The van der Waals surface area contributed by atoms with Crippen molar-refractivity contribution >= 4 is 0 Å². The predicted molar refractivity (Wildman–Crippen MR) is 75.7 cm³/mol. The molecule has 2 rings (SSSR count). The monoisotopic (exact) mass is 276 g/mol. The van der Waals surface area contributed by atoms with Crippen LogP contribution in [-0.2, 0) is 17.8 Å². The molecule has 0 saturated carbocycles. The van der Waals surface area contributed by atoms with Gasteiger partial charge in [-0.1, -0.05) is 19.1 Å². The minimum absolute atomic E-state index is 0.212. The molecular weight excluding hydrogens is 256 g/mol. The minimum atomic E-state index is -0.657. The normalized spacial score (nSPS) is 12.3. The van der Waals surface area contributed by atoms with E-state index >= 15 is 0 Å². The number of furan rings is 1. The summed E-state index contributed by atoms with van der Waals surface area (Å²) in [5.41, 5.74) is 1.26. The molecule has 0 radical (unpaired) electrons. The summed E-state index contributed by atoms with van der Waals surface area (Å²) < 4.78 is 16.0. The van der Waals surface area contributed by atoms with Gasteiger partial charge in [0.05, 0.1) is 12.9 Å². The van der Waals surface area contributed by atoms with Crippen LogP contribution in [0.15, 0.2) is 47.1 Å². The van der Waals surface area contributed by atoms with E-state index in [-0.39, 0.29) is 13.2 Å². The van der Waals surface area contributed by atoms with Gasteiger partial charge in [-0.25, -0.2) is 0 Å². The molecule has 2 aromatic rings. The summed E-state index contributed by atoms with van der Waals surface area (Å²) in [6.45, 7) is 2.89. The molecule has 1 atom stereocenters. The third-order valence-electron chi connectivity index (χ3n) is 2.91. The number of hydrogen-bond donors (Lipinski definition) is 1. The molecule has 1 unspecified atom stereocenters. The van der Waals surface area contributed by atoms with Crippen molar-refractivity contribution in [3.8, 4) is 5.75 Å². The van der Waals surface area contributed by atoms with Crippen LogP contribution in [0.25, 0.3) is 0 Å². The maximum Gasteiger partial charge on any atom is 0.129 e. The van der Waals surface area contributed by atoms with Gasteiger partial charge in [-0.15, -0.1) is 0 Å². The lowest BCUT2D eigenvalue weighted by molar-refractivity contribution is 0.000877. The zero-order valence-corrected chi connectivity index (χ0v) is 11.6. The molecule has 1 heterocycles. The number of hydrogen-bond acceptors (Lipinski definition) is 4. The molecule has 0 aliphatic rings. The van der Waals surface area contributed by atoms with E-state index in [1.54, 1.807) is 12.3 Å². The van der Waals surface area contributed by atoms with Crippen molar-refractivity contribution in [3.63, 3.8) is 0 Å². The van der Waals surface area contributed by atoms with Gasteiger partial charge in [0.15, 0.2) is 0 Å². The fourth-order valence-corrected chi connectivity index (χ4v) is 1.75. The van der Waals surface area contributed by atoms with Gasteiger partial charge in [0.1, 0.15) is 30.8 Å². The van der Waals surface area contributed by atoms with Gasteiger partial charge < -0.3 is 19.0 Å². The highest BCUT2D eigenvalue weighted by atomic mass is 16.5. The van der Waals surface area contributed by atoms with Crippen LogP contribution < -0.4 is 4.74 Å². The third-order valence-corrected chi connectivity index (χ3v) is 2.91. The molecule has 0 aliphatic carbocycles. The minimum Gasteiger partial charge on any atom is -0.491 e. The van der Waals surface area contributed by atoms with Gasteiger partial charge in [0, 0.05) is 0 Å². The summed E-state index contributed by atoms with van der Waals surface area (Å²) in [7, 11) is 0. The highest BCUT2D eigenvalue weighted by molar-refractivity contribution is 5.27. The highest BCUT2D eigenvalue weighted by Crippen LogP contribution is 2.12. The van der Waals surface area contributed by atoms with E-state index in [1.165, 1.54) is 5.56 Å². The first-order valence-electron chi connectivity index (χ1n) is 6.78. The van der Waals surface area contributed by atoms with Crippen LogP contribution in [0.2, 0.25) is 0 Å². The first-order valence-corrected chi connectivity index (χ1v) is 6.78. The molecule has 0 spiro atoms. The van der Waals surface area contributed by atoms with Crippen LogP contribution in [0.3, 0.4) is 0 Å². The summed E-state index contributed by atoms with van der Waals surface area (Å²) in [5, 5.41) is 9.76. The predicted octanol–water partition coefficient (Wildman–Crippen LogP) is 2.80. The van der Waals surface area contributed by atoms with E-state index in [0.717, 1.165) is 17.9 Å². The average molecular weight is 276 g/mol. The number of aryl methyl sites for hydroxylation is 1. The Morgan fingerprint density at radius 1 is 1.15 bits per heavy atom. The van der Waals surface area contributed by atoms with E-state index in [1.807, 2.05) is 30.3 Å². The van der Waals surface area contributed by atoms with Crippen LogP contribution in [0.4, 0.5) is 0 Å². The highest BCUT2D eigenvalue weighted by Gasteiger charge is 2.06. The van der Waals surface area contributed by atoms with E-state index in [4.69, 9.17) is 13.9 Å². The average Bonchev–Trinajstić information content (AvgIpc) is 2.99. The molecule has 1 aromatic heterocycles. The van der Waals surface area contributed by atoms with Crippen molar-refractivity contribution in [3.05, 3.63) is 54.0 Å². The first kappa shape index (κ1) is 14.6. The SMILES string of the molecule is CCc1ccc(OCC(O)COCc2ccco2)cc1. The zero-order valence-electron chi connectivity index (χ0n) is 11.6. The van der Waals surface area contributed by atoms with Crippen molar-refractivity contribution in [2.45, 2.75) is 26.1 Å². The number of ether oxygens (including phenoxy) is 2. The van der Waals surface area contributed by atoms with Crippen LogP contribution in [0.5, 0.6) is 5.75 Å². The largest absolute Gasteiger partial charge is 0.491 e. The van der Waals surface area contributed by atoms with Gasteiger partial charge in [0.2, 0.25) is 0 Å². The quantitative estimate of drug-likeness (QED) is 0.805. The molecule has 20 heavy (non-hydrogen) atoms. The Bertz CT molecular complexity index is 476. The Labute approximate surface area is 118 Å². The molecule has 0 bridgehead atoms. The van der Waals surface area contributed by atoms with Crippen LogP contribution in [0.1, 0.15) is 18.2 Å². The van der Waals surface area contributed by atoms with E-state index in [2.05, 4.69) is 6.92 Å². The molecule has 0 aliphatic heterocycles. The Morgan fingerprint density at radius 3 is 2.60 bits per heavy atom. The fraction of sp³-hybridized carbons (Fsp3) is 0.375. The molecule has 0 amide bonds. The van der Waals surface area contributed by atoms with Gasteiger partial charge in [-0.05, 0) is 36.2 Å². The van der Waals surface area contributed by atoms with Gasteiger partial charge in [-0.2, -0.15) is 0 Å². The Balaban J connectivity index is 1.65. The Hall–Kier alpha value is -1.78. The van der Waals surface area contributed by atoms with E-state index in [9.17, 15) is 5.11 Å². The lowest BCUT2D eigenvalue weighted by Gasteiger charge is -2.12. The maximum atomic E-state index is 9.76. The van der Waals surface area contributed by atoms with E-state index < -0.39 is 6.10 Å². The van der Waals surface area contributed by atoms with Crippen LogP contribution in [-0.4, -0.2) is 24.4 Å². The van der Waals surface area contributed by atoms with Crippen LogP contribution in [0, 0.1) is 0 Å². The zero-order chi connectivity index (χ0) is 14.2. The fourth-order valence-electron chi connectivity index (χ4n) is 1.75. The molecule has 4 nitrogen and oxygen atoms in total. The Kier molecular flexibility index (Phi) is 5.65. The second-order valence-electron chi connectivity index (χ2n) is 4.56. The summed E-state index contributed by atoms with van der Waals surface area (Å²) in [4.78, 5) is 0. The molecule has 0 fully saturated rings. The van der Waals surface area contributed by atoms with Crippen LogP contribution >= 0.6 is 0 Å². The second kappa shape index (κ2) is 7.72. The number of aliphatic hydroxyl groups is 1. The van der Waals surface area contributed by atoms with Crippen molar-refractivity contribution in [2.75, 3.05) is 13.2 Å². The molecule has 108 valence electrons. The molecule has 4 heteroatoms.